The lowest BCUT2D eigenvalue weighted by molar-refractivity contribution is -0.385. The van der Waals surface area contributed by atoms with Gasteiger partial charge in [0.1, 0.15) is 0 Å². The minimum absolute atomic E-state index is 0.147. The molecule has 2 aliphatic rings. The minimum Gasteiger partial charge on any atom is -0.321 e. The van der Waals surface area contributed by atoms with E-state index in [9.17, 15) is 10.1 Å². The van der Waals surface area contributed by atoms with Gasteiger partial charge in [0.2, 0.25) is 0 Å². The maximum Gasteiger partial charge on any atom is 0.269 e. The fraction of sp³-hybridized carbons (Fsp3) is 0.625. The van der Waals surface area contributed by atoms with Crippen molar-refractivity contribution < 1.29 is 4.92 Å². The summed E-state index contributed by atoms with van der Waals surface area (Å²) in [5.74, 6) is 0. The molecule has 0 amide bonds. The summed E-state index contributed by atoms with van der Waals surface area (Å²) in [4.78, 5) is 10.6. The normalized spacial score (nSPS) is 23.9. The molecule has 0 radical (unpaired) electrons. The Balaban J connectivity index is 1.78. The lowest BCUT2D eigenvalue weighted by Gasteiger charge is -2.55. The molecule has 0 aliphatic heterocycles. The number of nitro benzene ring substituents is 1. The number of benzene rings is 1. The number of nitrogens with two attached hydrogens (primary N) is 1. The Morgan fingerprint density at radius 2 is 1.75 bits per heavy atom. The Bertz CT molecular complexity index is 511. The zero-order valence-corrected chi connectivity index (χ0v) is 11.8. The Kier molecular flexibility index (Phi) is 3.28. The third kappa shape index (κ3) is 2.33. The van der Waals surface area contributed by atoms with Gasteiger partial charge in [-0.2, -0.15) is 0 Å². The molecule has 2 N–H and O–H groups in total. The van der Waals surface area contributed by atoms with Gasteiger partial charge < -0.3 is 5.73 Å². The highest BCUT2D eigenvalue weighted by Gasteiger charge is 2.52. The predicted octanol–water partition coefficient (Wildman–Crippen LogP) is 3.88. The number of nitrogens with zero attached hydrogens (tertiary/aromatic N) is 1. The molecule has 4 heteroatoms. The molecule has 0 atom stereocenters. The van der Waals surface area contributed by atoms with Crippen LogP contribution < -0.4 is 5.73 Å². The summed E-state index contributed by atoms with van der Waals surface area (Å²) < 4.78 is 0. The van der Waals surface area contributed by atoms with E-state index >= 15 is 0 Å². The van der Waals surface area contributed by atoms with Crippen LogP contribution in [0, 0.1) is 15.5 Å². The zero-order valence-electron chi connectivity index (χ0n) is 11.8. The average molecular weight is 274 g/mol. The van der Waals surface area contributed by atoms with Gasteiger partial charge in [-0.1, -0.05) is 37.8 Å². The SMILES string of the molecule is NC1(c2cccc([N+](=O)[O-])c2)CC2(CCCCCC2)C1. The summed E-state index contributed by atoms with van der Waals surface area (Å²) in [6.45, 7) is 0. The van der Waals surface area contributed by atoms with E-state index in [4.69, 9.17) is 5.73 Å². The highest BCUT2D eigenvalue weighted by molar-refractivity contribution is 5.39. The standard InChI is InChI=1S/C16H22N2O2/c17-16(13-6-5-7-14(10-13)18(19)20)11-15(12-16)8-3-1-2-4-9-15/h5-7,10H,1-4,8-9,11-12,17H2. The predicted molar refractivity (Wildman–Crippen MR) is 78.3 cm³/mol. The quantitative estimate of drug-likeness (QED) is 0.657. The van der Waals surface area contributed by atoms with E-state index in [0.717, 1.165) is 18.4 Å². The highest BCUT2D eigenvalue weighted by Crippen LogP contribution is 2.58. The van der Waals surface area contributed by atoms with E-state index in [1.54, 1.807) is 12.1 Å². The average Bonchev–Trinajstić information content (AvgIpc) is 2.64. The topological polar surface area (TPSA) is 69.2 Å². The molecule has 0 heterocycles. The maximum absolute atomic E-state index is 10.9. The van der Waals surface area contributed by atoms with Crippen LogP contribution >= 0.6 is 0 Å². The fourth-order valence-electron chi connectivity index (χ4n) is 4.25. The Labute approximate surface area is 119 Å². The third-order valence-electron chi connectivity index (χ3n) is 5.18. The lowest BCUT2D eigenvalue weighted by Crippen LogP contribution is -2.55. The lowest BCUT2D eigenvalue weighted by atomic mass is 9.52. The molecule has 2 aliphatic carbocycles. The number of hydrogen-bond donors (Lipinski definition) is 1. The van der Waals surface area contributed by atoms with Crippen LogP contribution in [0.3, 0.4) is 0 Å². The highest BCUT2D eigenvalue weighted by atomic mass is 16.6. The number of nitro groups is 1. The summed E-state index contributed by atoms with van der Waals surface area (Å²) in [6.07, 6.45) is 9.84. The van der Waals surface area contributed by atoms with Gasteiger partial charge in [0.15, 0.2) is 0 Å². The van der Waals surface area contributed by atoms with Crippen LogP contribution in [0.1, 0.15) is 56.9 Å². The monoisotopic (exact) mass is 274 g/mol. The van der Waals surface area contributed by atoms with Gasteiger partial charge >= 0.3 is 0 Å². The van der Waals surface area contributed by atoms with Crippen LogP contribution in [0.25, 0.3) is 0 Å². The smallest absolute Gasteiger partial charge is 0.269 e. The van der Waals surface area contributed by atoms with Gasteiger partial charge in [0.25, 0.3) is 5.69 Å². The Hall–Kier alpha value is -1.42. The summed E-state index contributed by atoms with van der Waals surface area (Å²) in [5, 5.41) is 10.9. The number of hydrogen-bond acceptors (Lipinski definition) is 3. The van der Waals surface area contributed by atoms with Crippen molar-refractivity contribution in [1.29, 1.82) is 0 Å². The Morgan fingerprint density at radius 3 is 2.35 bits per heavy atom. The first-order valence-corrected chi connectivity index (χ1v) is 7.57. The first-order chi connectivity index (χ1) is 9.53. The van der Waals surface area contributed by atoms with Crippen molar-refractivity contribution in [2.24, 2.45) is 11.1 Å². The molecule has 3 rings (SSSR count). The van der Waals surface area contributed by atoms with Crippen LogP contribution in [0.15, 0.2) is 24.3 Å². The van der Waals surface area contributed by atoms with Crippen molar-refractivity contribution in [2.45, 2.75) is 56.9 Å². The van der Waals surface area contributed by atoms with E-state index in [0.29, 0.717) is 5.41 Å². The van der Waals surface area contributed by atoms with Crippen LogP contribution in [0.2, 0.25) is 0 Å². The molecule has 0 unspecified atom stereocenters. The first-order valence-electron chi connectivity index (χ1n) is 7.57. The van der Waals surface area contributed by atoms with Gasteiger partial charge in [0.05, 0.1) is 4.92 Å². The van der Waals surface area contributed by atoms with Crippen LogP contribution in [0.5, 0.6) is 0 Å². The second kappa shape index (κ2) is 4.85. The minimum atomic E-state index is -0.351. The molecule has 0 aromatic heterocycles. The summed E-state index contributed by atoms with van der Waals surface area (Å²) in [7, 11) is 0. The van der Waals surface area contributed by atoms with Crippen LogP contribution in [0.4, 0.5) is 5.69 Å². The summed E-state index contributed by atoms with van der Waals surface area (Å²) in [5.41, 5.74) is 7.67. The molecular weight excluding hydrogens is 252 g/mol. The van der Waals surface area contributed by atoms with E-state index in [1.807, 2.05) is 6.07 Å². The van der Waals surface area contributed by atoms with Crippen molar-refractivity contribution in [1.82, 2.24) is 0 Å². The molecule has 1 aromatic rings. The molecule has 1 spiro atoms. The van der Waals surface area contributed by atoms with Gasteiger partial charge in [-0.25, -0.2) is 0 Å². The largest absolute Gasteiger partial charge is 0.321 e. The number of non-ortho nitro benzene ring substituents is 1. The molecule has 4 nitrogen and oxygen atoms in total. The van der Waals surface area contributed by atoms with Crippen molar-refractivity contribution in [3.05, 3.63) is 39.9 Å². The van der Waals surface area contributed by atoms with Gasteiger partial charge in [-0.15, -0.1) is 0 Å². The van der Waals surface area contributed by atoms with E-state index in [2.05, 4.69) is 0 Å². The molecule has 108 valence electrons. The maximum atomic E-state index is 10.9. The van der Waals surface area contributed by atoms with E-state index in [-0.39, 0.29) is 16.1 Å². The molecular formula is C16H22N2O2. The second-order valence-corrected chi connectivity index (χ2v) is 6.73. The van der Waals surface area contributed by atoms with Gasteiger partial charge in [-0.3, -0.25) is 10.1 Å². The summed E-state index contributed by atoms with van der Waals surface area (Å²) in [6, 6.07) is 6.88. The van der Waals surface area contributed by atoms with Gasteiger partial charge in [0, 0.05) is 17.7 Å². The summed E-state index contributed by atoms with van der Waals surface area (Å²) >= 11 is 0. The van der Waals surface area contributed by atoms with E-state index < -0.39 is 0 Å². The number of rotatable bonds is 2. The first kappa shape index (κ1) is 13.6. The van der Waals surface area contributed by atoms with Crippen molar-refractivity contribution in [3.63, 3.8) is 0 Å². The molecule has 0 saturated heterocycles. The van der Waals surface area contributed by atoms with Gasteiger partial charge in [-0.05, 0) is 36.7 Å². The molecule has 1 aromatic carbocycles. The third-order valence-corrected chi connectivity index (χ3v) is 5.18. The molecule has 20 heavy (non-hydrogen) atoms. The van der Waals surface area contributed by atoms with Crippen LogP contribution in [-0.4, -0.2) is 4.92 Å². The molecule has 2 fully saturated rings. The second-order valence-electron chi connectivity index (χ2n) is 6.73. The van der Waals surface area contributed by atoms with Crippen molar-refractivity contribution in [2.75, 3.05) is 0 Å². The van der Waals surface area contributed by atoms with Crippen molar-refractivity contribution >= 4 is 5.69 Å². The van der Waals surface area contributed by atoms with Crippen molar-refractivity contribution in [3.8, 4) is 0 Å². The van der Waals surface area contributed by atoms with E-state index in [1.165, 1.54) is 44.6 Å². The Morgan fingerprint density at radius 1 is 1.10 bits per heavy atom. The molecule has 0 bridgehead atoms. The van der Waals surface area contributed by atoms with Crippen LogP contribution in [-0.2, 0) is 5.54 Å². The fourth-order valence-corrected chi connectivity index (χ4v) is 4.25. The zero-order chi connectivity index (χ0) is 14.2. The molecule has 2 saturated carbocycles.